The van der Waals surface area contributed by atoms with Gasteiger partial charge in [-0.1, -0.05) is 12.2 Å². The van der Waals surface area contributed by atoms with Crippen molar-refractivity contribution in [3.63, 3.8) is 0 Å². The van der Waals surface area contributed by atoms with Gasteiger partial charge in [-0.05, 0) is 43.4 Å². The minimum Gasteiger partial charge on any atom is -0.348 e. The average molecular weight is 373 g/mol. The fourth-order valence-electron chi connectivity index (χ4n) is 3.92. The zero-order chi connectivity index (χ0) is 18.9. The van der Waals surface area contributed by atoms with Gasteiger partial charge in [-0.3, -0.25) is 0 Å². The quantitative estimate of drug-likeness (QED) is 0.832. The van der Waals surface area contributed by atoms with Crippen LogP contribution in [0.1, 0.15) is 37.2 Å². The predicted molar refractivity (Wildman–Crippen MR) is 108 cm³/mol. The Kier molecular flexibility index (Phi) is 4.27. The van der Waals surface area contributed by atoms with Crippen LogP contribution in [0.25, 0.3) is 0 Å². The monoisotopic (exact) mass is 373 g/mol. The highest BCUT2D eigenvalue weighted by Gasteiger charge is 2.32. The number of allylic oxidation sites excluding steroid dienone is 4. The predicted octanol–water partition coefficient (Wildman–Crippen LogP) is 3.36. The molecule has 0 unspecified atom stereocenters. The van der Waals surface area contributed by atoms with Crippen molar-refractivity contribution < 1.29 is 0 Å². The van der Waals surface area contributed by atoms with Crippen molar-refractivity contribution in [3.8, 4) is 0 Å². The Labute approximate surface area is 164 Å². The molecule has 3 aliphatic rings. The fraction of sp³-hybridized carbons (Fsp3) is 0.333. The van der Waals surface area contributed by atoms with E-state index < -0.39 is 0 Å². The normalized spacial score (nSPS) is 23.4. The molecule has 28 heavy (non-hydrogen) atoms. The Morgan fingerprint density at radius 2 is 2.07 bits per heavy atom. The molecule has 4 heterocycles. The summed E-state index contributed by atoms with van der Waals surface area (Å²) in [4.78, 5) is 18.9. The first-order chi connectivity index (χ1) is 13.8. The van der Waals surface area contributed by atoms with Crippen molar-refractivity contribution in [2.24, 2.45) is 11.0 Å². The summed E-state index contributed by atoms with van der Waals surface area (Å²) in [5.41, 5.74) is 4.70. The summed E-state index contributed by atoms with van der Waals surface area (Å²) in [6.45, 7) is 2.89. The van der Waals surface area contributed by atoms with Crippen molar-refractivity contribution in [2.75, 3.05) is 11.4 Å². The summed E-state index contributed by atoms with van der Waals surface area (Å²) in [6.07, 6.45) is 19.1. The number of hydrazone groups is 1. The largest absolute Gasteiger partial charge is 0.348 e. The number of aromatic amines is 1. The second-order valence-electron chi connectivity index (χ2n) is 7.22. The summed E-state index contributed by atoms with van der Waals surface area (Å²) in [6, 6.07) is 1.72. The van der Waals surface area contributed by atoms with Crippen molar-refractivity contribution >= 4 is 12.2 Å². The standard InChI is InChI=1S/C21H23N7/c1-2-18-16(15-6-7-15)5-3-11-28(18)26-13-19-20-17(24-14-25-20)8-12-27(19)21-22-9-4-10-23-21/h2-5,9-11,13-15,19H,6-8,12H2,1H3,(H,24,25)/b18-2-,26-13+/t19-/m0/s1. The molecule has 0 amide bonds. The zero-order valence-corrected chi connectivity index (χ0v) is 15.9. The molecule has 142 valence electrons. The van der Waals surface area contributed by atoms with E-state index in [0.29, 0.717) is 11.9 Å². The van der Waals surface area contributed by atoms with Crippen LogP contribution in [-0.2, 0) is 6.42 Å². The van der Waals surface area contributed by atoms with E-state index in [1.165, 1.54) is 24.1 Å². The van der Waals surface area contributed by atoms with E-state index in [4.69, 9.17) is 5.10 Å². The number of hydrogen-bond acceptors (Lipinski definition) is 6. The van der Waals surface area contributed by atoms with E-state index in [2.05, 4.69) is 50.0 Å². The molecule has 2 aromatic heterocycles. The van der Waals surface area contributed by atoms with Gasteiger partial charge < -0.3 is 9.88 Å². The lowest BCUT2D eigenvalue weighted by Crippen LogP contribution is -2.38. The van der Waals surface area contributed by atoms with Crippen molar-refractivity contribution in [1.82, 2.24) is 24.9 Å². The molecule has 0 aromatic carbocycles. The lowest BCUT2D eigenvalue weighted by atomic mass is 10.0. The van der Waals surface area contributed by atoms with Gasteiger partial charge in [0, 0.05) is 37.3 Å². The highest BCUT2D eigenvalue weighted by molar-refractivity contribution is 5.72. The number of rotatable bonds is 4. The first-order valence-corrected chi connectivity index (χ1v) is 9.79. The van der Waals surface area contributed by atoms with Gasteiger partial charge in [-0.15, -0.1) is 0 Å². The van der Waals surface area contributed by atoms with Crippen molar-refractivity contribution in [2.45, 2.75) is 32.2 Å². The van der Waals surface area contributed by atoms with Crippen LogP contribution in [0.2, 0.25) is 0 Å². The molecular weight excluding hydrogens is 350 g/mol. The minimum absolute atomic E-state index is 0.112. The molecule has 1 N–H and O–H groups in total. The third kappa shape index (κ3) is 3.02. The van der Waals surface area contributed by atoms with Gasteiger partial charge >= 0.3 is 0 Å². The van der Waals surface area contributed by atoms with Crippen LogP contribution >= 0.6 is 0 Å². The van der Waals surface area contributed by atoms with Gasteiger partial charge in [0.25, 0.3) is 0 Å². The van der Waals surface area contributed by atoms with E-state index in [0.717, 1.165) is 24.4 Å². The van der Waals surface area contributed by atoms with Crippen molar-refractivity contribution in [1.29, 1.82) is 0 Å². The Balaban J connectivity index is 1.46. The summed E-state index contributed by atoms with van der Waals surface area (Å²) in [5, 5.41) is 6.81. The molecule has 1 aliphatic carbocycles. The van der Waals surface area contributed by atoms with Gasteiger partial charge in [-0.2, -0.15) is 5.10 Å². The van der Waals surface area contributed by atoms with Gasteiger partial charge in [-0.25, -0.2) is 20.0 Å². The molecule has 1 atom stereocenters. The summed E-state index contributed by atoms with van der Waals surface area (Å²) in [5.74, 6) is 1.38. The molecule has 5 rings (SSSR count). The number of nitrogens with zero attached hydrogens (tertiary/aromatic N) is 6. The maximum atomic E-state index is 4.84. The Hall–Kier alpha value is -3.22. The number of hydrogen-bond donors (Lipinski definition) is 1. The molecule has 1 saturated carbocycles. The van der Waals surface area contributed by atoms with Crippen molar-refractivity contribution in [3.05, 3.63) is 71.9 Å². The van der Waals surface area contributed by atoms with Gasteiger partial charge in [0.05, 0.1) is 23.9 Å². The van der Waals surface area contributed by atoms with E-state index in [-0.39, 0.29) is 6.04 Å². The van der Waals surface area contributed by atoms with Crippen LogP contribution in [0.15, 0.2) is 65.6 Å². The maximum absolute atomic E-state index is 4.84. The molecule has 1 fully saturated rings. The molecule has 0 radical (unpaired) electrons. The molecule has 0 bridgehead atoms. The van der Waals surface area contributed by atoms with Gasteiger partial charge in [0.1, 0.15) is 6.04 Å². The van der Waals surface area contributed by atoms with Crippen LogP contribution in [-0.4, -0.2) is 37.7 Å². The van der Waals surface area contributed by atoms with E-state index >= 15 is 0 Å². The first kappa shape index (κ1) is 16.9. The zero-order valence-electron chi connectivity index (χ0n) is 15.9. The molecule has 7 heteroatoms. The fourth-order valence-corrected chi connectivity index (χ4v) is 3.92. The van der Waals surface area contributed by atoms with E-state index in [1.807, 2.05) is 23.5 Å². The van der Waals surface area contributed by atoms with Crippen LogP contribution < -0.4 is 4.90 Å². The topological polar surface area (TPSA) is 73.3 Å². The number of nitrogens with one attached hydrogen (secondary N) is 1. The lowest BCUT2D eigenvalue weighted by Gasteiger charge is -2.33. The Morgan fingerprint density at radius 3 is 2.86 bits per heavy atom. The maximum Gasteiger partial charge on any atom is 0.226 e. The molecule has 2 aliphatic heterocycles. The smallest absolute Gasteiger partial charge is 0.226 e. The second kappa shape index (κ2) is 7.07. The SMILES string of the molecule is C/C=C1/C(C2CC2)=CC=CN1/N=C/[C@H]1c2nc[nH]c2CCN1c1ncccn1. The number of aromatic nitrogens is 4. The van der Waals surface area contributed by atoms with E-state index in [9.17, 15) is 0 Å². The first-order valence-electron chi connectivity index (χ1n) is 9.79. The third-order valence-electron chi connectivity index (χ3n) is 5.45. The molecule has 7 nitrogen and oxygen atoms in total. The molecule has 0 saturated heterocycles. The number of fused-ring (bicyclic) bond motifs is 1. The van der Waals surface area contributed by atoms with Crippen LogP contribution in [0.4, 0.5) is 5.95 Å². The summed E-state index contributed by atoms with van der Waals surface area (Å²) < 4.78 is 0. The Morgan fingerprint density at radius 1 is 1.21 bits per heavy atom. The summed E-state index contributed by atoms with van der Waals surface area (Å²) in [7, 11) is 0. The Bertz CT molecular complexity index is 966. The minimum atomic E-state index is -0.112. The van der Waals surface area contributed by atoms with Crippen LogP contribution in [0.5, 0.6) is 0 Å². The number of imidazole rings is 1. The second-order valence-corrected chi connectivity index (χ2v) is 7.22. The van der Waals surface area contributed by atoms with E-state index in [1.54, 1.807) is 18.7 Å². The lowest BCUT2D eigenvalue weighted by molar-refractivity contribution is 0.491. The highest BCUT2D eigenvalue weighted by atomic mass is 15.5. The van der Waals surface area contributed by atoms with Crippen LogP contribution in [0, 0.1) is 5.92 Å². The molecular formula is C21H23N7. The highest BCUT2D eigenvalue weighted by Crippen LogP contribution is 2.42. The molecule has 2 aromatic rings. The number of H-pyrrole nitrogens is 1. The van der Waals surface area contributed by atoms with Gasteiger partial charge in [0.2, 0.25) is 5.95 Å². The third-order valence-corrected chi connectivity index (χ3v) is 5.45. The molecule has 0 spiro atoms. The van der Waals surface area contributed by atoms with Gasteiger partial charge in [0.15, 0.2) is 0 Å². The average Bonchev–Trinajstić information content (AvgIpc) is 3.48. The summed E-state index contributed by atoms with van der Waals surface area (Å²) >= 11 is 0. The number of anilines is 1. The van der Waals surface area contributed by atoms with Crippen LogP contribution in [0.3, 0.4) is 0 Å².